The minimum absolute atomic E-state index is 0.103. The zero-order valence-electron chi connectivity index (χ0n) is 16.7. The molecule has 0 aliphatic rings. The van der Waals surface area contributed by atoms with Crippen molar-refractivity contribution in [2.75, 3.05) is 19.1 Å². The second kappa shape index (κ2) is 9.06. The topological polar surface area (TPSA) is 55.8 Å². The molecule has 0 aromatic heterocycles. The average Bonchev–Trinajstić information content (AvgIpc) is 2.74. The number of carbonyl (C=O) groups excluding carboxylic acids is 2. The highest BCUT2D eigenvalue weighted by Gasteiger charge is 2.14. The summed E-state index contributed by atoms with van der Waals surface area (Å²) in [5, 5.41) is 0. The Bertz CT molecular complexity index is 977. The van der Waals surface area contributed by atoms with Crippen LogP contribution >= 0.6 is 0 Å². The molecule has 0 saturated carbocycles. The number of methoxy groups -OCH3 is 1. The van der Waals surface area contributed by atoms with Gasteiger partial charge in [0, 0.05) is 18.3 Å². The van der Waals surface area contributed by atoms with Crippen LogP contribution in [0.25, 0.3) is 0 Å². The smallest absolute Gasteiger partial charge is 0.315 e. The minimum atomic E-state index is -0.355. The lowest BCUT2D eigenvalue weighted by atomic mass is 10.1. The van der Waals surface area contributed by atoms with Crippen LogP contribution < -0.4 is 14.4 Å². The van der Waals surface area contributed by atoms with Crippen LogP contribution in [0, 0.1) is 6.92 Å². The summed E-state index contributed by atoms with van der Waals surface area (Å²) in [6, 6.07) is 21.6. The van der Waals surface area contributed by atoms with Crippen molar-refractivity contribution in [1.29, 1.82) is 0 Å². The van der Waals surface area contributed by atoms with Crippen molar-refractivity contribution in [3.05, 3.63) is 89.5 Å². The first kappa shape index (κ1) is 20.1. The van der Waals surface area contributed by atoms with Crippen molar-refractivity contribution in [1.82, 2.24) is 0 Å². The predicted molar refractivity (Wildman–Crippen MR) is 113 cm³/mol. The van der Waals surface area contributed by atoms with Crippen molar-refractivity contribution in [3.8, 4) is 11.5 Å². The summed E-state index contributed by atoms with van der Waals surface area (Å²) in [6.45, 7) is 1.98. The lowest BCUT2D eigenvalue weighted by Gasteiger charge is -2.18. The van der Waals surface area contributed by atoms with E-state index in [2.05, 4.69) is 0 Å². The first-order valence-electron chi connectivity index (χ1n) is 9.24. The SMILES string of the molecule is COc1ccc(CC(=O)Oc2ccc(N(C)C(=O)c3ccc(C)cc3)cc2)cc1. The van der Waals surface area contributed by atoms with Crippen molar-refractivity contribution >= 4 is 17.6 Å². The number of esters is 1. The van der Waals surface area contributed by atoms with Gasteiger partial charge >= 0.3 is 5.97 Å². The first-order chi connectivity index (χ1) is 14.0. The van der Waals surface area contributed by atoms with Crippen LogP contribution in [0.2, 0.25) is 0 Å². The molecule has 0 spiro atoms. The molecule has 0 bridgehead atoms. The monoisotopic (exact) mass is 389 g/mol. The number of benzene rings is 3. The fourth-order valence-corrected chi connectivity index (χ4v) is 2.82. The maximum atomic E-state index is 12.6. The quantitative estimate of drug-likeness (QED) is 0.462. The Morgan fingerprint density at radius 1 is 0.828 bits per heavy atom. The Labute approximate surface area is 170 Å². The van der Waals surface area contributed by atoms with Crippen LogP contribution in [0.3, 0.4) is 0 Å². The normalized spacial score (nSPS) is 10.3. The molecule has 0 aliphatic heterocycles. The number of amides is 1. The lowest BCUT2D eigenvalue weighted by Crippen LogP contribution is -2.26. The molecule has 0 fully saturated rings. The van der Waals surface area contributed by atoms with Crippen molar-refractivity contribution in [3.63, 3.8) is 0 Å². The highest BCUT2D eigenvalue weighted by Crippen LogP contribution is 2.21. The van der Waals surface area contributed by atoms with E-state index in [0.29, 0.717) is 17.0 Å². The summed E-state index contributed by atoms with van der Waals surface area (Å²) >= 11 is 0. The summed E-state index contributed by atoms with van der Waals surface area (Å²) < 4.78 is 10.5. The largest absolute Gasteiger partial charge is 0.497 e. The van der Waals surface area contributed by atoms with Gasteiger partial charge in [-0.2, -0.15) is 0 Å². The fraction of sp³-hybridized carbons (Fsp3) is 0.167. The van der Waals surface area contributed by atoms with Gasteiger partial charge in [0.2, 0.25) is 0 Å². The van der Waals surface area contributed by atoms with Gasteiger partial charge in [-0.05, 0) is 61.0 Å². The number of ether oxygens (including phenoxy) is 2. The van der Waals surface area contributed by atoms with E-state index < -0.39 is 0 Å². The Hall–Kier alpha value is -3.60. The molecule has 3 rings (SSSR count). The molecule has 29 heavy (non-hydrogen) atoms. The van der Waals surface area contributed by atoms with Crippen LogP contribution in [0.1, 0.15) is 21.5 Å². The van der Waals surface area contributed by atoms with Gasteiger partial charge in [-0.1, -0.05) is 29.8 Å². The predicted octanol–water partition coefficient (Wildman–Crippen LogP) is 4.43. The third kappa shape index (κ3) is 5.23. The van der Waals surface area contributed by atoms with E-state index in [1.54, 1.807) is 55.5 Å². The minimum Gasteiger partial charge on any atom is -0.497 e. The summed E-state index contributed by atoms with van der Waals surface area (Å²) in [7, 11) is 3.31. The second-order valence-corrected chi connectivity index (χ2v) is 6.72. The van der Waals surface area contributed by atoms with Crippen molar-refractivity contribution in [2.24, 2.45) is 0 Å². The Balaban J connectivity index is 1.60. The number of rotatable bonds is 6. The second-order valence-electron chi connectivity index (χ2n) is 6.72. The number of hydrogen-bond acceptors (Lipinski definition) is 4. The Morgan fingerprint density at radius 2 is 1.41 bits per heavy atom. The van der Waals surface area contributed by atoms with E-state index in [9.17, 15) is 9.59 Å². The van der Waals surface area contributed by atoms with Gasteiger partial charge in [0.25, 0.3) is 5.91 Å². The van der Waals surface area contributed by atoms with Gasteiger partial charge in [-0.3, -0.25) is 9.59 Å². The maximum absolute atomic E-state index is 12.6. The van der Waals surface area contributed by atoms with Crippen LogP contribution in [-0.2, 0) is 11.2 Å². The summed E-state index contributed by atoms with van der Waals surface area (Å²) in [5.41, 5.74) is 3.28. The molecule has 0 N–H and O–H groups in total. The third-order valence-corrected chi connectivity index (χ3v) is 4.57. The van der Waals surface area contributed by atoms with E-state index in [0.717, 1.165) is 16.9 Å². The van der Waals surface area contributed by atoms with E-state index in [4.69, 9.17) is 9.47 Å². The molecule has 1 amide bonds. The standard InChI is InChI=1S/C24H23NO4/c1-17-4-8-19(9-5-17)24(27)25(2)20-10-14-22(15-11-20)29-23(26)16-18-6-12-21(28-3)13-7-18/h4-15H,16H2,1-3H3. The molecule has 0 atom stereocenters. The molecule has 5 heteroatoms. The van der Waals surface area contributed by atoms with Gasteiger partial charge in [0.15, 0.2) is 0 Å². The number of nitrogens with zero attached hydrogens (tertiary/aromatic N) is 1. The molecular formula is C24H23NO4. The average molecular weight is 389 g/mol. The molecular weight excluding hydrogens is 366 g/mol. The Kier molecular flexibility index (Phi) is 6.29. The van der Waals surface area contributed by atoms with E-state index in [1.165, 1.54) is 0 Å². The molecule has 148 valence electrons. The van der Waals surface area contributed by atoms with Crippen molar-refractivity contribution < 1.29 is 19.1 Å². The summed E-state index contributed by atoms with van der Waals surface area (Å²) in [4.78, 5) is 26.3. The van der Waals surface area contributed by atoms with E-state index >= 15 is 0 Å². The number of carbonyl (C=O) groups is 2. The third-order valence-electron chi connectivity index (χ3n) is 4.57. The molecule has 0 radical (unpaired) electrons. The molecule has 3 aromatic carbocycles. The van der Waals surface area contributed by atoms with Gasteiger partial charge in [0.05, 0.1) is 13.5 Å². The molecule has 3 aromatic rings. The van der Waals surface area contributed by atoms with Crippen LogP contribution in [0.5, 0.6) is 11.5 Å². The fourth-order valence-electron chi connectivity index (χ4n) is 2.82. The van der Waals surface area contributed by atoms with Crippen LogP contribution in [-0.4, -0.2) is 26.0 Å². The maximum Gasteiger partial charge on any atom is 0.315 e. The van der Waals surface area contributed by atoms with Crippen molar-refractivity contribution in [2.45, 2.75) is 13.3 Å². The first-order valence-corrected chi connectivity index (χ1v) is 9.24. The molecule has 0 unspecified atom stereocenters. The molecule has 0 saturated heterocycles. The van der Waals surface area contributed by atoms with Gasteiger partial charge in [0.1, 0.15) is 11.5 Å². The van der Waals surface area contributed by atoms with E-state index in [-0.39, 0.29) is 18.3 Å². The number of hydrogen-bond donors (Lipinski definition) is 0. The molecule has 0 aliphatic carbocycles. The summed E-state index contributed by atoms with van der Waals surface area (Å²) in [6.07, 6.45) is 0.164. The highest BCUT2D eigenvalue weighted by molar-refractivity contribution is 6.05. The van der Waals surface area contributed by atoms with Gasteiger partial charge in [-0.15, -0.1) is 0 Å². The zero-order chi connectivity index (χ0) is 20.8. The molecule has 0 heterocycles. The summed E-state index contributed by atoms with van der Waals surface area (Å²) in [5.74, 6) is 0.715. The molecule has 5 nitrogen and oxygen atoms in total. The van der Waals surface area contributed by atoms with Gasteiger partial charge < -0.3 is 14.4 Å². The van der Waals surface area contributed by atoms with Gasteiger partial charge in [-0.25, -0.2) is 0 Å². The number of aryl methyl sites for hydroxylation is 1. The number of anilines is 1. The van der Waals surface area contributed by atoms with Crippen LogP contribution in [0.4, 0.5) is 5.69 Å². The lowest BCUT2D eigenvalue weighted by molar-refractivity contribution is -0.133. The van der Waals surface area contributed by atoms with Crippen LogP contribution in [0.15, 0.2) is 72.8 Å². The highest BCUT2D eigenvalue weighted by atomic mass is 16.5. The Morgan fingerprint density at radius 3 is 2.00 bits per heavy atom. The zero-order valence-corrected chi connectivity index (χ0v) is 16.7. The van der Waals surface area contributed by atoms with E-state index in [1.807, 2.05) is 43.3 Å².